The Labute approximate surface area is 125 Å². The van der Waals surface area contributed by atoms with E-state index >= 15 is 0 Å². The quantitative estimate of drug-likeness (QED) is 0.914. The number of likely N-dealkylation sites (tertiary alicyclic amines) is 1. The number of hydrogen-bond acceptors (Lipinski definition) is 2. The van der Waals surface area contributed by atoms with Crippen LogP contribution in [0.15, 0.2) is 16.6 Å². The number of benzene rings is 1. The van der Waals surface area contributed by atoms with Gasteiger partial charge < -0.3 is 10.6 Å². The molecule has 1 aliphatic heterocycles. The van der Waals surface area contributed by atoms with E-state index in [4.69, 9.17) is 5.73 Å². The summed E-state index contributed by atoms with van der Waals surface area (Å²) in [6, 6.07) is 2.22. The lowest BCUT2D eigenvalue weighted by Gasteiger charge is -2.32. The van der Waals surface area contributed by atoms with Gasteiger partial charge in [-0.3, -0.25) is 4.79 Å². The summed E-state index contributed by atoms with van der Waals surface area (Å²) in [6.07, 6.45) is 2.68. The molecule has 1 amide bonds. The summed E-state index contributed by atoms with van der Waals surface area (Å²) < 4.78 is 27.9. The zero-order valence-corrected chi connectivity index (χ0v) is 12.6. The highest BCUT2D eigenvalue weighted by Crippen LogP contribution is 2.24. The standard InChI is InChI=1S/C14H17BrF2N2O/c15-10-6-11(16)13(12(17)7-10)14(20)19-5-1-2-9(8-19)3-4-18/h6-7,9H,1-5,8,18H2. The van der Waals surface area contributed by atoms with Gasteiger partial charge in [0, 0.05) is 17.6 Å². The largest absolute Gasteiger partial charge is 0.338 e. The summed E-state index contributed by atoms with van der Waals surface area (Å²) in [5.41, 5.74) is 5.06. The molecule has 0 bridgehead atoms. The second-order valence-corrected chi connectivity index (χ2v) is 6.00. The zero-order chi connectivity index (χ0) is 14.7. The number of nitrogens with two attached hydrogens (primary N) is 1. The molecule has 0 radical (unpaired) electrons. The van der Waals surface area contributed by atoms with Crippen LogP contribution in [0.5, 0.6) is 0 Å². The minimum Gasteiger partial charge on any atom is -0.338 e. The first-order valence-electron chi connectivity index (χ1n) is 6.66. The van der Waals surface area contributed by atoms with E-state index in [0.29, 0.717) is 25.6 Å². The highest BCUT2D eigenvalue weighted by Gasteiger charge is 2.28. The van der Waals surface area contributed by atoms with Crippen LogP contribution in [-0.4, -0.2) is 30.4 Å². The number of nitrogens with zero attached hydrogens (tertiary/aromatic N) is 1. The van der Waals surface area contributed by atoms with Gasteiger partial charge in [0.2, 0.25) is 0 Å². The molecule has 2 N–H and O–H groups in total. The van der Waals surface area contributed by atoms with Gasteiger partial charge in [-0.05, 0) is 43.9 Å². The minimum absolute atomic E-state index is 0.281. The van der Waals surface area contributed by atoms with E-state index in [2.05, 4.69) is 15.9 Å². The molecular weight excluding hydrogens is 330 g/mol. The summed E-state index contributed by atoms with van der Waals surface area (Å²) in [5, 5.41) is 0. The molecule has 1 aromatic carbocycles. The summed E-state index contributed by atoms with van der Waals surface area (Å²) in [4.78, 5) is 13.8. The van der Waals surface area contributed by atoms with E-state index in [9.17, 15) is 13.6 Å². The van der Waals surface area contributed by atoms with Crippen molar-refractivity contribution >= 4 is 21.8 Å². The normalized spacial score (nSPS) is 19.2. The summed E-state index contributed by atoms with van der Waals surface area (Å²) in [6.45, 7) is 1.62. The smallest absolute Gasteiger partial charge is 0.259 e. The highest BCUT2D eigenvalue weighted by molar-refractivity contribution is 9.10. The van der Waals surface area contributed by atoms with Gasteiger partial charge in [-0.2, -0.15) is 0 Å². The molecule has 1 aliphatic rings. The van der Waals surface area contributed by atoms with Crippen LogP contribution >= 0.6 is 15.9 Å². The first-order chi connectivity index (χ1) is 9.52. The molecule has 0 saturated carbocycles. The summed E-state index contributed by atoms with van der Waals surface area (Å²) >= 11 is 3.00. The molecule has 110 valence electrons. The third-order valence-corrected chi connectivity index (χ3v) is 4.06. The Hall–Kier alpha value is -1.01. The van der Waals surface area contributed by atoms with Gasteiger partial charge in [-0.25, -0.2) is 8.78 Å². The average Bonchev–Trinajstić information content (AvgIpc) is 2.38. The number of carbonyl (C=O) groups is 1. The molecule has 0 aromatic heterocycles. The minimum atomic E-state index is -0.831. The molecule has 0 spiro atoms. The molecule has 1 heterocycles. The van der Waals surface area contributed by atoms with Crippen molar-refractivity contribution in [2.75, 3.05) is 19.6 Å². The van der Waals surface area contributed by atoms with Gasteiger partial charge in [0.1, 0.15) is 17.2 Å². The van der Waals surface area contributed by atoms with Crippen LogP contribution in [0.25, 0.3) is 0 Å². The van der Waals surface area contributed by atoms with Crippen molar-refractivity contribution in [1.82, 2.24) is 4.90 Å². The number of hydrogen-bond donors (Lipinski definition) is 1. The lowest BCUT2D eigenvalue weighted by atomic mass is 9.94. The van der Waals surface area contributed by atoms with Crippen molar-refractivity contribution < 1.29 is 13.6 Å². The number of piperidine rings is 1. The first kappa shape index (κ1) is 15.4. The lowest BCUT2D eigenvalue weighted by molar-refractivity contribution is 0.0659. The van der Waals surface area contributed by atoms with E-state index in [1.165, 1.54) is 4.90 Å². The Kier molecular flexibility index (Phi) is 5.10. The molecule has 1 saturated heterocycles. The molecule has 1 atom stereocenters. The Morgan fingerprint density at radius 3 is 2.65 bits per heavy atom. The van der Waals surface area contributed by atoms with Gasteiger partial charge in [0.25, 0.3) is 5.91 Å². The van der Waals surface area contributed by atoms with Gasteiger partial charge >= 0.3 is 0 Å². The van der Waals surface area contributed by atoms with Crippen LogP contribution in [0, 0.1) is 17.6 Å². The van der Waals surface area contributed by atoms with Crippen LogP contribution in [0.4, 0.5) is 8.78 Å². The maximum atomic E-state index is 13.8. The average molecular weight is 347 g/mol. The van der Waals surface area contributed by atoms with E-state index in [1.807, 2.05) is 0 Å². The maximum absolute atomic E-state index is 13.8. The van der Waals surface area contributed by atoms with Gasteiger partial charge in [0.15, 0.2) is 0 Å². The van der Waals surface area contributed by atoms with Crippen molar-refractivity contribution in [1.29, 1.82) is 0 Å². The number of amides is 1. The van der Waals surface area contributed by atoms with E-state index < -0.39 is 23.1 Å². The molecule has 1 fully saturated rings. The molecule has 2 rings (SSSR count). The van der Waals surface area contributed by atoms with Crippen LogP contribution in [0.1, 0.15) is 29.6 Å². The van der Waals surface area contributed by atoms with Crippen LogP contribution in [0.3, 0.4) is 0 Å². The van der Waals surface area contributed by atoms with Crippen molar-refractivity contribution in [2.45, 2.75) is 19.3 Å². The predicted molar refractivity (Wildman–Crippen MR) is 76.4 cm³/mol. The Balaban J connectivity index is 2.19. The molecule has 3 nitrogen and oxygen atoms in total. The molecule has 1 unspecified atom stereocenters. The zero-order valence-electron chi connectivity index (χ0n) is 11.0. The number of halogens is 3. The van der Waals surface area contributed by atoms with Crippen LogP contribution in [-0.2, 0) is 0 Å². The Morgan fingerprint density at radius 1 is 1.40 bits per heavy atom. The fourth-order valence-corrected chi connectivity index (χ4v) is 3.03. The molecule has 1 aromatic rings. The second-order valence-electron chi connectivity index (χ2n) is 5.08. The van der Waals surface area contributed by atoms with Crippen molar-refractivity contribution in [3.8, 4) is 0 Å². The molecular formula is C14H17BrF2N2O. The SMILES string of the molecule is NCCC1CCCN(C(=O)c2c(F)cc(Br)cc2F)C1. The van der Waals surface area contributed by atoms with Crippen LogP contribution in [0.2, 0.25) is 0 Å². The first-order valence-corrected chi connectivity index (χ1v) is 7.46. The van der Waals surface area contributed by atoms with Crippen molar-refractivity contribution in [3.63, 3.8) is 0 Å². The Morgan fingerprint density at radius 2 is 2.05 bits per heavy atom. The topological polar surface area (TPSA) is 46.3 Å². The second kappa shape index (κ2) is 6.63. The maximum Gasteiger partial charge on any atom is 0.259 e. The lowest BCUT2D eigenvalue weighted by Crippen LogP contribution is -2.41. The molecule has 20 heavy (non-hydrogen) atoms. The van der Waals surface area contributed by atoms with Gasteiger partial charge in [0.05, 0.1) is 0 Å². The van der Waals surface area contributed by atoms with E-state index in [0.717, 1.165) is 31.4 Å². The highest BCUT2D eigenvalue weighted by atomic mass is 79.9. The predicted octanol–water partition coefficient (Wildman–Crippen LogP) is 2.93. The van der Waals surface area contributed by atoms with Crippen LogP contribution < -0.4 is 5.73 Å². The van der Waals surface area contributed by atoms with Gasteiger partial charge in [-0.15, -0.1) is 0 Å². The summed E-state index contributed by atoms with van der Waals surface area (Å²) in [5.74, 6) is -1.92. The summed E-state index contributed by atoms with van der Waals surface area (Å²) in [7, 11) is 0. The molecule has 6 heteroatoms. The Bertz CT molecular complexity index is 485. The van der Waals surface area contributed by atoms with E-state index in [-0.39, 0.29) is 4.47 Å². The fourth-order valence-electron chi connectivity index (χ4n) is 2.63. The third-order valence-electron chi connectivity index (χ3n) is 3.60. The fraction of sp³-hybridized carbons (Fsp3) is 0.500. The van der Waals surface area contributed by atoms with Crippen molar-refractivity contribution in [3.05, 3.63) is 33.8 Å². The number of rotatable bonds is 3. The molecule has 0 aliphatic carbocycles. The third kappa shape index (κ3) is 3.35. The van der Waals surface area contributed by atoms with Crippen molar-refractivity contribution in [2.24, 2.45) is 11.7 Å². The van der Waals surface area contributed by atoms with Gasteiger partial charge in [-0.1, -0.05) is 15.9 Å². The monoisotopic (exact) mass is 346 g/mol. The number of carbonyl (C=O) groups excluding carboxylic acids is 1. The van der Waals surface area contributed by atoms with E-state index in [1.54, 1.807) is 0 Å².